The van der Waals surface area contributed by atoms with E-state index in [1.54, 1.807) is 0 Å². The first kappa shape index (κ1) is 12.9. The maximum Gasteiger partial charge on any atom is 0.140 e. The molecule has 3 heterocycles. The van der Waals surface area contributed by atoms with Crippen LogP contribution in [0.5, 0.6) is 0 Å². The molecule has 20 heavy (non-hydrogen) atoms. The van der Waals surface area contributed by atoms with Gasteiger partial charge in [0.05, 0.1) is 17.9 Å². The van der Waals surface area contributed by atoms with Gasteiger partial charge in [-0.05, 0) is 37.7 Å². The second kappa shape index (κ2) is 5.09. The fourth-order valence-corrected chi connectivity index (χ4v) is 2.63. The highest BCUT2D eigenvalue weighted by molar-refractivity contribution is 5.80. The molecule has 3 aromatic rings. The van der Waals surface area contributed by atoms with Crippen LogP contribution in [0, 0.1) is 6.92 Å². The average molecular weight is 269 g/mol. The van der Waals surface area contributed by atoms with E-state index in [0.717, 1.165) is 24.4 Å². The summed E-state index contributed by atoms with van der Waals surface area (Å²) in [7, 11) is 3.94. The predicted octanol–water partition coefficient (Wildman–Crippen LogP) is 1.85. The minimum Gasteiger partial charge on any atom is -0.326 e. The second-order valence-electron chi connectivity index (χ2n) is 5.09. The first-order valence-electron chi connectivity index (χ1n) is 6.76. The number of nitrogens with zero attached hydrogens (tertiary/aromatic N) is 4. The van der Waals surface area contributed by atoms with Gasteiger partial charge in [0.1, 0.15) is 5.65 Å². The molecule has 1 N–H and O–H groups in total. The van der Waals surface area contributed by atoms with E-state index in [1.807, 2.05) is 38.0 Å². The Morgan fingerprint density at radius 2 is 2.20 bits per heavy atom. The fraction of sp³-hybridized carbons (Fsp3) is 0.333. The van der Waals surface area contributed by atoms with E-state index in [-0.39, 0.29) is 0 Å². The minimum absolute atomic E-state index is 0.786. The first-order valence-corrected chi connectivity index (χ1v) is 6.76. The molecule has 0 fully saturated rings. The number of nitrogens with one attached hydrogen (secondary N) is 1. The van der Waals surface area contributed by atoms with Gasteiger partial charge in [-0.3, -0.25) is 4.68 Å². The lowest BCUT2D eigenvalue weighted by atomic mass is 10.2. The molecule has 0 radical (unpaired) electrons. The molecular weight excluding hydrogens is 250 g/mol. The van der Waals surface area contributed by atoms with E-state index in [1.165, 1.54) is 16.6 Å². The van der Waals surface area contributed by atoms with Crippen molar-refractivity contribution in [3.05, 3.63) is 47.5 Å². The lowest BCUT2D eigenvalue weighted by Crippen LogP contribution is -2.06. The van der Waals surface area contributed by atoms with Crippen molar-refractivity contribution in [2.45, 2.75) is 20.0 Å². The minimum atomic E-state index is 0.786. The molecule has 0 spiro atoms. The van der Waals surface area contributed by atoms with Gasteiger partial charge in [-0.2, -0.15) is 5.10 Å². The van der Waals surface area contributed by atoms with Gasteiger partial charge in [-0.1, -0.05) is 0 Å². The van der Waals surface area contributed by atoms with Crippen molar-refractivity contribution in [1.82, 2.24) is 24.6 Å². The zero-order valence-corrected chi connectivity index (χ0v) is 12.1. The standard InChI is InChI=1S/C15H19N5/c1-11-7-13(19(3)18-11)10-20-9-12(8-16-2)14-5-4-6-17-15(14)20/h4-7,9,16H,8,10H2,1-3H3. The van der Waals surface area contributed by atoms with Crippen LogP contribution >= 0.6 is 0 Å². The summed E-state index contributed by atoms with van der Waals surface area (Å²) in [5, 5.41) is 8.82. The number of fused-ring (bicyclic) bond motifs is 1. The fourth-order valence-electron chi connectivity index (χ4n) is 2.63. The maximum absolute atomic E-state index is 4.52. The molecule has 0 aliphatic rings. The predicted molar refractivity (Wildman–Crippen MR) is 79.5 cm³/mol. The maximum atomic E-state index is 4.52. The van der Waals surface area contributed by atoms with Crippen molar-refractivity contribution in [2.24, 2.45) is 7.05 Å². The highest BCUT2D eigenvalue weighted by Gasteiger charge is 2.10. The van der Waals surface area contributed by atoms with E-state index < -0.39 is 0 Å². The smallest absolute Gasteiger partial charge is 0.140 e. The van der Waals surface area contributed by atoms with Crippen LogP contribution in [0.3, 0.4) is 0 Å². The third-order valence-electron chi connectivity index (χ3n) is 3.51. The number of aryl methyl sites for hydroxylation is 2. The van der Waals surface area contributed by atoms with E-state index >= 15 is 0 Å². The van der Waals surface area contributed by atoms with Crippen LogP contribution in [-0.2, 0) is 20.1 Å². The molecule has 104 valence electrons. The summed E-state index contributed by atoms with van der Waals surface area (Å²) in [6.07, 6.45) is 4.02. The number of hydrogen-bond acceptors (Lipinski definition) is 3. The van der Waals surface area contributed by atoms with Crippen molar-refractivity contribution < 1.29 is 0 Å². The molecule has 0 saturated heterocycles. The number of pyridine rings is 1. The Bertz CT molecular complexity index is 738. The van der Waals surface area contributed by atoms with Gasteiger partial charge in [0.25, 0.3) is 0 Å². The third kappa shape index (κ3) is 2.20. The monoisotopic (exact) mass is 269 g/mol. The number of rotatable bonds is 4. The van der Waals surface area contributed by atoms with Gasteiger partial charge in [0, 0.05) is 31.4 Å². The molecule has 0 aliphatic carbocycles. The molecule has 0 bridgehead atoms. The van der Waals surface area contributed by atoms with Crippen LogP contribution in [0.1, 0.15) is 17.0 Å². The van der Waals surface area contributed by atoms with Crippen LogP contribution in [0.15, 0.2) is 30.6 Å². The Morgan fingerprint density at radius 3 is 2.90 bits per heavy atom. The largest absolute Gasteiger partial charge is 0.326 e. The van der Waals surface area contributed by atoms with E-state index in [0.29, 0.717) is 0 Å². The number of aromatic nitrogens is 4. The van der Waals surface area contributed by atoms with Crippen molar-refractivity contribution in [3.63, 3.8) is 0 Å². The molecular formula is C15H19N5. The normalized spacial score (nSPS) is 11.3. The lowest BCUT2D eigenvalue weighted by molar-refractivity contribution is 0.669. The Balaban J connectivity index is 2.05. The van der Waals surface area contributed by atoms with Crippen LogP contribution < -0.4 is 5.32 Å². The molecule has 0 saturated carbocycles. The van der Waals surface area contributed by atoms with Gasteiger partial charge in [-0.25, -0.2) is 4.98 Å². The Hall–Kier alpha value is -2.14. The van der Waals surface area contributed by atoms with Gasteiger partial charge >= 0.3 is 0 Å². The Labute approximate surface area is 118 Å². The summed E-state index contributed by atoms with van der Waals surface area (Å²) in [5.74, 6) is 0. The molecule has 0 atom stereocenters. The lowest BCUT2D eigenvalue weighted by Gasteiger charge is -2.04. The molecule has 5 nitrogen and oxygen atoms in total. The van der Waals surface area contributed by atoms with Gasteiger partial charge in [0.2, 0.25) is 0 Å². The molecule has 0 unspecified atom stereocenters. The Kier molecular flexibility index (Phi) is 3.28. The summed E-state index contributed by atoms with van der Waals surface area (Å²) in [6.45, 7) is 3.65. The summed E-state index contributed by atoms with van der Waals surface area (Å²) in [6, 6.07) is 6.23. The van der Waals surface area contributed by atoms with Crippen molar-refractivity contribution in [3.8, 4) is 0 Å². The van der Waals surface area contributed by atoms with E-state index in [9.17, 15) is 0 Å². The van der Waals surface area contributed by atoms with Gasteiger partial charge in [0.15, 0.2) is 0 Å². The molecule has 0 aliphatic heterocycles. The summed E-state index contributed by atoms with van der Waals surface area (Å²) < 4.78 is 4.13. The molecule has 3 aromatic heterocycles. The SMILES string of the molecule is CNCc1cn(Cc2cc(C)nn2C)c2ncccc12. The average Bonchev–Trinajstić information content (AvgIpc) is 2.93. The Morgan fingerprint density at radius 1 is 1.35 bits per heavy atom. The van der Waals surface area contributed by atoms with E-state index in [2.05, 4.69) is 38.3 Å². The van der Waals surface area contributed by atoms with Gasteiger partial charge in [-0.15, -0.1) is 0 Å². The highest BCUT2D eigenvalue weighted by atomic mass is 15.3. The topological polar surface area (TPSA) is 47.7 Å². The van der Waals surface area contributed by atoms with Crippen molar-refractivity contribution in [1.29, 1.82) is 0 Å². The van der Waals surface area contributed by atoms with Crippen LogP contribution in [0.25, 0.3) is 11.0 Å². The zero-order valence-electron chi connectivity index (χ0n) is 12.1. The van der Waals surface area contributed by atoms with E-state index in [4.69, 9.17) is 0 Å². The third-order valence-corrected chi connectivity index (χ3v) is 3.51. The highest BCUT2D eigenvalue weighted by Crippen LogP contribution is 2.20. The van der Waals surface area contributed by atoms with Crippen LogP contribution in [-0.4, -0.2) is 26.4 Å². The van der Waals surface area contributed by atoms with Crippen LogP contribution in [0.2, 0.25) is 0 Å². The summed E-state index contributed by atoms with van der Waals surface area (Å²) in [4.78, 5) is 4.52. The summed E-state index contributed by atoms with van der Waals surface area (Å²) >= 11 is 0. The molecule has 3 rings (SSSR count). The molecule has 5 heteroatoms. The summed E-state index contributed by atoms with van der Waals surface area (Å²) in [5.41, 5.74) is 4.52. The quantitative estimate of drug-likeness (QED) is 0.786. The van der Waals surface area contributed by atoms with Crippen molar-refractivity contribution in [2.75, 3.05) is 7.05 Å². The molecule has 0 aromatic carbocycles. The van der Waals surface area contributed by atoms with Crippen LogP contribution in [0.4, 0.5) is 0 Å². The second-order valence-corrected chi connectivity index (χ2v) is 5.09. The zero-order chi connectivity index (χ0) is 14.1. The first-order chi connectivity index (χ1) is 9.69. The van der Waals surface area contributed by atoms with Crippen molar-refractivity contribution >= 4 is 11.0 Å². The van der Waals surface area contributed by atoms with Gasteiger partial charge < -0.3 is 9.88 Å². The molecule has 0 amide bonds. The number of hydrogen-bond donors (Lipinski definition) is 1.